The second-order valence-electron chi connectivity index (χ2n) is 3.85. The lowest BCUT2D eigenvalue weighted by Gasteiger charge is -2.17. The largest absolute Gasteiger partial charge is 0.486 e. The molecule has 2 rings (SSSR count). The fourth-order valence-corrected chi connectivity index (χ4v) is 1.68. The van der Waals surface area contributed by atoms with E-state index in [9.17, 15) is 0 Å². The Morgan fingerprint density at radius 3 is 2.59 bits per heavy atom. The van der Waals surface area contributed by atoms with Gasteiger partial charge in [-0.15, -0.1) is 0 Å². The van der Waals surface area contributed by atoms with E-state index in [2.05, 4.69) is 4.98 Å². The van der Waals surface area contributed by atoms with Gasteiger partial charge >= 0.3 is 0 Å². The zero-order valence-electron chi connectivity index (χ0n) is 9.84. The van der Waals surface area contributed by atoms with Crippen LogP contribution in [0.3, 0.4) is 0 Å². The summed E-state index contributed by atoms with van der Waals surface area (Å²) in [6, 6.07) is 11.7. The first-order chi connectivity index (χ1) is 8.31. The molecule has 3 heteroatoms. The Balaban J connectivity index is 2.16. The number of aromatic nitrogens is 1. The molecule has 3 nitrogen and oxygen atoms in total. The second kappa shape index (κ2) is 5.46. The van der Waals surface area contributed by atoms with Gasteiger partial charge in [0.15, 0.2) is 0 Å². The molecule has 1 heterocycles. The van der Waals surface area contributed by atoms with Crippen molar-refractivity contribution in [3.8, 4) is 5.75 Å². The molecule has 0 spiro atoms. The van der Waals surface area contributed by atoms with E-state index in [1.165, 1.54) is 0 Å². The fourth-order valence-electron chi connectivity index (χ4n) is 1.68. The van der Waals surface area contributed by atoms with Gasteiger partial charge in [0.25, 0.3) is 0 Å². The Morgan fingerprint density at radius 1 is 1.18 bits per heavy atom. The minimum Gasteiger partial charge on any atom is -0.486 e. The van der Waals surface area contributed by atoms with Crippen LogP contribution < -0.4 is 10.5 Å². The molecule has 0 saturated carbocycles. The molecule has 17 heavy (non-hydrogen) atoms. The lowest BCUT2D eigenvalue weighted by Crippen LogP contribution is -2.06. The minimum atomic E-state index is -0.00861. The molecular formula is C14H16N2O. The van der Waals surface area contributed by atoms with Crippen molar-refractivity contribution >= 4 is 0 Å². The van der Waals surface area contributed by atoms with Gasteiger partial charge in [-0.1, -0.05) is 18.2 Å². The molecule has 1 atom stereocenters. The molecule has 1 aromatic carbocycles. The zero-order valence-corrected chi connectivity index (χ0v) is 9.84. The maximum absolute atomic E-state index is 5.91. The fraction of sp³-hybridized carbons (Fsp3) is 0.214. The molecule has 0 fully saturated rings. The molecule has 1 unspecified atom stereocenters. The second-order valence-corrected chi connectivity index (χ2v) is 3.85. The average molecular weight is 228 g/mol. The summed E-state index contributed by atoms with van der Waals surface area (Å²) in [7, 11) is 0. The Morgan fingerprint density at radius 2 is 1.88 bits per heavy atom. The van der Waals surface area contributed by atoms with E-state index < -0.39 is 0 Å². The number of benzene rings is 1. The van der Waals surface area contributed by atoms with E-state index in [0.29, 0.717) is 6.54 Å². The topological polar surface area (TPSA) is 48.1 Å². The molecular weight excluding hydrogens is 212 g/mol. The first kappa shape index (κ1) is 11.6. The van der Waals surface area contributed by atoms with Crippen LogP contribution in [0.15, 0.2) is 48.8 Å². The van der Waals surface area contributed by atoms with E-state index in [1.54, 1.807) is 12.4 Å². The quantitative estimate of drug-likeness (QED) is 0.875. The van der Waals surface area contributed by atoms with Crippen molar-refractivity contribution in [1.29, 1.82) is 0 Å². The van der Waals surface area contributed by atoms with Crippen molar-refractivity contribution in [2.45, 2.75) is 19.6 Å². The van der Waals surface area contributed by atoms with Crippen LogP contribution in [0.5, 0.6) is 5.75 Å². The van der Waals surface area contributed by atoms with Crippen LogP contribution in [0.1, 0.15) is 24.2 Å². The van der Waals surface area contributed by atoms with Gasteiger partial charge in [-0.3, -0.25) is 4.98 Å². The summed E-state index contributed by atoms with van der Waals surface area (Å²) < 4.78 is 5.91. The normalized spacial score (nSPS) is 12.1. The van der Waals surface area contributed by atoms with Crippen LogP contribution in [-0.2, 0) is 6.54 Å². The molecule has 0 aliphatic rings. The van der Waals surface area contributed by atoms with E-state index in [4.69, 9.17) is 10.5 Å². The highest BCUT2D eigenvalue weighted by Crippen LogP contribution is 2.24. The highest BCUT2D eigenvalue weighted by atomic mass is 16.5. The summed E-state index contributed by atoms with van der Waals surface area (Å²) in [4.78, 5) is 3.99. The highest BCUT2D eigenvalue weighted by molar-refractivity contribution is 5.33. The van der Waals surface area contributed by atoms with Crippen LogP contribution in [0.4, 0.5) is 0 Å². The van der Waals surface area contributed by atoms with Crippen LogP contribution in [0.2, 0.25) is 0 Å². The molecule has 0 saturated heterocycles. The smallest absolute Gasteiger partial charge is 0.124 e. The third-order valence-electron chi connectivity index (χ3n) is 2.67. The Kier molecular flexibility index (Phi) is 3.73. The summed E-state index contributed by atoms with van der Waals surface area (Å²) in [6.45, 7) is 2.50. The summed E-state index contributed by atoms with van der Waals surface area (Å²) in [5.41, 5.74) is 7.80. The zero-order chi connectivity index (χ0) is 12.1. The van der Waals surface area contributed by atoms with Gasteiger partial charge in [-0.05, 0) is 30.7 Å². The van der Waals surface area contributed by atoms with Gasteiger partial charge in [0.05, 0.1) is 0 Å². The number of rotatable bonds is 4. The summed E-state index contributed by atoms with van der Waals surface area (Å²) in [5, 5.41) is 0. The third-order valence-corrected chi connectivity index (χ3v) is 2.67. The predicted molar refractivity (Wildman–Crippen MR) is 67.6 cm³/mol. The Bertz CT molecular complexity index is 471. The predicted octanol–water partition coefficient (Wildman–Crippen LogP) is 2.68. The number of para-hydroxylation sites is 1. The molecule has 0 aliphatic heterocycles. The number of ether oxygens (including phenoxy) is 1. The molecule has 0 radical (unpaired) electrons. The molecule has 88 valence electrons. The lowest BCUT2D eigenvalue weighted by atomic mass is 10.1. The average Bonchev–Trinajstić information content (AvgIpc) is 2.40. The van der Waals surface area contributed by atoms with Gasteiger partial charge in [0, 0.05) is 24.5 Å². The van der Waals surface area contributed by atoms with E-state index in [1.807, 2.05) is 43.3 Å². The molecule has 0 aliphatic carbocycles. The van der Waals surface area contributed by atoms with Crippen LogP contribution >= 0.6 is 0 Å². The third kappa shape index (κ3) is 2.82. The van der Waals surface area contributed by atoms with Crippen LogP contribution in [-0.4, -0.2) is 4.98 Å². The Labute approximate surface area is 101 Å². The molecule has 1 aromatic heterocycles. The number of nitrogens with two attached hydrogens (primary N) is 1. The maximum atomic E-state index is 5.91. The first-order valence-corrected chi connectivity index (χ1v) is 5.66. The van der Waals surface area contributed by atoms with E-state index in [-0.39, 0.29) is 6.10 Å². The highest BCUT2D eigenvalue weighted by Gasteiger charge is 2.08. The van der Waals surface area contributed by atoms with Crippen LogP contribution in [0, 0.1) is 0 Å². The molecule has 0 amide bonds. The molecule has 2 N–H and O–H groups in total. The maximum Gasteiger partial charge on any atom is 0.124 e. The lowest BCUT2D eigenvalue weighted by molar-refractivity contribution is 0.224. The Hall–Kier alpha value is -1.87. The van der Waals surface area contributed by atoms with Gasteiger partial charge in [0.1, 0.15) is 11.9 Å². The number of hydrogen-bond donors (Lipinski definition) is 1. The summed E-state index contributed by atoms with van der Waals surface area (Å²) in [5.74, 6) is 0.847. The van der Waals surface area contributed by atoms with Gasteiger partial charge in [-0.25, -0.2) is 0 Å². The molecule has 0 bridgehead atoms. The number of pyridine rings is 1. The van der Waals surface area contributed by atoms with Crippen LogP contribution in [0.25, 0.3) is 0 Å². The molecule has 2 aromatic rings. The number of hydrogen-bond acceptors (Lipinski definition) is 3. The minimum absolute atomic E-state index is 0.00861. The van der Waals surface area contributed by atoms with E-state index >= 15 is 0 Å². The summed E-state index contributed by atoms with van der Waals surface area (Å²) >= 11 is 0. The van der Waals surface area contributed by atoms with Crippen molar-refractivity contribution < 1.29 is 4.74 Å². The van der Waals surface area contributed by atoms with Crippen molar-refractivity contribution in [3.63, 3.8) is 0 Å². The summed E-state index contributed by atoms with van der Waals surface area (Å²) in [6.07, 6.45) is 3.53. The van der Waals surface area contributed by atoms with Gasteiger partial charge in [0.2, 0.25) is 0 Å². The van der Waals surface area contributed by atoms with Crippen molar-refractivity contribution in [1.82, 2.24) is 4.98 Å². The SMILES string of the molecule is CC(Oc1ccccc1CN)c1ccncc1. The number of nitrogens with zero attached hydrogens (tertiary/aromatic N) is 1. The van der Waals surface area contributed by atoms with Gasteiger partial charge in [-0.2, -0.15) is 0 Å². The first-order valence-electron chi connectivity index (χ1n) is 5.66. The van der Waals surface area contributed by atoms with Crippen molar-refractivity contribution in [2.24, 2.45) is 5.73 Å². The van der Waals surface area contributed by atoms with Gasteiger partial charge < -0.3 is 10.5 Å². The monoisotopic (exact) mass is 228 g/mol. The van der Waals surface area contributed by atoms with Crippen molar-refractivity contribution in [3.05, 3.63) is 59.9 Å². The van der Waals surface area contributed by atoms with E-state index in [0.717, 1.165) is 16.9 Å². The van der Waals surface area contributed by atoms with Crippen molar-refractivity contribution in [2.75, 3.05) is 0 Å². The standard InChI is InChI=1S/C14H16N2O/c1-11(12-6-8-16-9-7-12)17-14-5-3-2-4-13(14)10-15/h2-9,11H,10,15H2,1H3.